The summed E-state index contributed by atoms with van der Waals surface area (Å²) >= 11 is 5.72. The molecular weight excluding hydrogens is 204 g/mol. The number of nitrogens with zero attached hydrogens (tertiary/aromatic N) is 4. The van der Waals surface area contributed by atoms with E-state index in [0.29, 0.717) is 31.3 Å². The summed E-state index contributed by atoms with van der Waals surface area (Å²) in [5.41, 5.74) is 0. The number of hydrogen-bond acceptors (Lipinski definition) is 5. The van der Waals surface area contributed by atoms with Gasteiger partial charge in [-0.1, -0.05) is 11.6 Å². The lowest BCUT2D eigenvalue weighted by atomic mass is 10.3. The summed E-state index contributed by atoms with van der Waals surface area (Å²) in [6.07, 6.45) is 3.15. The highest BCUT2D eigenvalue weighted by molar-refractivity contribution is 6.29. The van der Waals surface area contributed by atoms with Crippen LogP contribution in [0.3, 0.4) is 0 Å². The maximum atomic E-state index is 10.9. The van der Waals surface area contributed by atoms with E-state index >= 15 is 0 Å². The topological polar surface area (TPSA) is 55.3 Å². The Kier molecular flexibility index (Phi) is 2.81. The molecule has 1 aromatic heterocycles. The van der Waals surface area contributed by atoms with Gasteiger partial charge in [-0.15, -0.1) is 0 Å². The van der Waals surface area contributed by atoms with E-state index in [2.05, 4.69) is 9.97 Å². The van der Waals surface area contributed by atoms with E-state index in [1.807, 2.05) is 4.90 Å². The Morgan fingerprint density at radius 1 is 1.21 bits per heavy atom. The Hall–Kier alpha value is -0.910. The standard InChI is InChI=1S/C8H10ClN4O/c9-7-5-10-6-8(11-7)12-1-3-13(14)4-2-12/h5-6H,1-4H2/q-1. The number of aromatic nitrogens is 2. The summed E-state index contributed by atoms with van der Waals surface area (Å²) < 4.78 is 0. The van der Waals surface area contributed by atoms with Gasteiger partial charge in [-0.25, -0.2) is 4.98 Å². The van der Waals surface area contributed by atoms with Crippen LogP contribution in [0.15, 0.2) is 12.4 Å². The minimum atomic E-state index is 0.382. The van der Waals surface area contributed by atoms with Crippen LogP contribution in [-0.4, -0.2) is 41.2 Å². The largest absolute Gasteiger partial charge is 0.785 e. The molecule has 0 unspecified atom stereocenters. The summed E-state index contributed by atoms with van der Waals surface area (Å²) in [4.78, 5) is 10.1. The molecule has 0 amide bonds. The van der Waals surface area contributed by atoms with Crippen molar-refractivity contribution < 1.29 is 0 Å². The lowest BCUT2D eigenvalue weighted by Gasteiger charge is -2.38. The Morgan fingerprint density at radius 2 is 1.93 bits per heavy atom. The van der Waals surface area contributed by atoms with Gasteiger partial charge in [0.2, 0.25) is 0 Å². The summed E-state index contributed by atoms with van der Waals surface area (Å²) in [5.74, 6) is 0.741. The molecule has 6 heteroatoms. The fraction of sp³-hybridized carbons (Fsp3) is 0.500. The van der Waals surface area contributed by atoms with Gasteiger partial charge in [-0.3, -0.25) is 4.98 Å². The van der Waals surface area contributed by atoms with Gasteiger partial charge in [0.05, 0.1) is 12.4 Å². The van der Waals surface area contributed by atoms with Gasteiger partial charge in [0.1, 0.15) is 11.0 Å². The van der Waals surface area contributed by atoms with Gasteiger partial charge in [0.25, 0.3) is 0 Å². The average molecular weight is 214 g/mol. The Balaban J connectivity index is 2.08. The molecule has 0 atom stereocenters. The maximum absolute atomic E-state index is 10.9. The first-order valence-electron chi connectivity index (χ1n) is 4.40. The SMILES string of the molecule is [O-]N1CCN(c2cncc(Cl)n2)CC1. The monoisotopic (exact) mass is 213 g/mol. The predicted octanol–water partition coefficient (Wildman–Crippen LogP) is 0.750. The molecule has 1 aliphatic rings. The Bertz CT molecular complexity index is 314. The number of piperazine rings is 1. The van der Waals surface area contributed by atoms with Gasteiger partial charge in [0.15, 0.2) is 0 Å². The first-order chi connectivity index (χ1) is 6.75. The smallest absolute Gasteiger partial charge is 0.149 e. The highest BCUT2D eigenvalue weighted by Gasteiger charge is 2.13. The van der Waals surface area contributed by atoms with E-state index in [9.17, 15) is 5.21 Å². The van der Waals surface area contributed by atoms with Crippen LogP contribution >= 0.6 is 11.6 Å². The van der Waals surface area contributed by atoms with Gasteiger partial charge in [-0.2, -0.15) is 0 Å². The lowest BCUT2D eigenvalue weighted by molar-refractivity contribution is 0.349. The van der Waals surface area contributed by atoms with Gasteiger partial charge in [0, 0.05) is 26.2 Å². The third kappa shape index (κ3) is 2.12. The van der Waals surface area contributed by atoms with Crippen LogP contribution in [0.2, 0.25) is 5.15 Å². The third-order valence-electron chi connectivity index (χ3n) is 2.16. The zero-order valence-corrected chi connectivity index (χ0v) is 8.31. The Morgan fingerprint density at radius 3 is 2.57 bits per heavy atom. The van der Waals surface area contributed by atoms with Gasteiger partial charge >= 0.3 is 0 Å². The zero-order chi connectivity index (χ0) is 9.97. The van der Waals surface area contributed by atoms with Crippen LogP contribution < -0.4 is 4.90 Å². The van der Waals surface area contributed by atoms with Crippen molar-refractivity contribution in [2.75, 3.05) is 31.1 Å². The molecule has 1 aromatic rings. The second-order valence-electron chi connectivity index (χ2n) is 3.12. The molecule has 2 heterocycles. The summed E-state index contributed by atoms with van der Waals surface area (Å²) in [6.45, 7) is 2.37. The average Bonchev–Trinajstić information content (AvgIpc) is 2.19. The van der Waals surface area contributed by atoms with Crippen molar-refractivity contribution in [3.63, 3.8) is 0 Å². The quantitative estimate of drug-likeness (QED) is 0.689. The molecule has 0 aliphatic carbocycles. The molecule has 76 valence electrons. The van der Waals surface area contributed by atoms with Crippen LogP contribution in [0.25, 0.3) is 0 Å². The minimum absolute atomic E-state index is 0.382. The normalized spacial score (nSPS) is 18.6. The lowest BCUT2D eigenvalue weighted by Crippen LogP contribution is -2.44. The molecule has 0 N–H and O–H groups in total. The summed E-state index contributed by atoms with van der Waals surface area (Å²) in [5, 5.41) is 12.4. The van der Waals surface area contributed by atoms with Crippen molar-refractivity contribution >= 4 is 17.4 Å². The number of rotatable bonds is 1. The predicted molar refractivity (Wildman–Crippen MR) is 54.2 cm³/mol. The third-order valence-corrected chi connectivity index (χ3v) is 2.34. The van der Waals surface area contributed by atoms with Crippen LogP contribution in [-0.2, 0) is 0 Å². The number of hydrogen-bond donors (Lipinski definition) is 0. The fourth-order valence-electron chi connectivity index (χ4n) is 1.40. The molecule has 0 bridgehead atoms. The highest BCUT2D eigenvalue weighted by Crippen LogP contribution is 2.14. The van der Waals surface area contributed by atoms with Crippen molar-refractivity contribution in [1.82, 2.24) is 15.0 Å². The molecule has 5 nitrogen and oxygen atoms in total. The molecule has 1 aliphatic heterocycles. The molecule has 1 saturated heterocycles. The highest BCUT2D eigenvalue weighted by atomic mass is 35.5. The molecule has 0 spiro atoms. The van der Waals surface area contributed by atoms with E-state index < -0.39 is 0 Å². The number of anilines is 1. The molecule has 1 fully saturated rings. The number of hydroxylamine groups is 2. The summed E-state index contributed by atoms with van der Waals surface area (Å²) in [6, 6.07) is 0. The van der Waals surface area contributed by atoms with Crippen molar-refractivity contribution in [3.05, 3.63) is 22.8 Å². The van der Waals surface area contributed by atoms with E-state index in [1.165, 1.54) is 6.20 Å². The van der Waals surface area contributed by atoms with Crippen LogP contribution in [0, 0.1) is 5.21 Å². The Labute approximate surface area is 86.9 Å². The van der Waals surface area contributed by atoms with Crippen molar-refractivity contribution in [2.45, 2.75) is 0 Å². The van der Waals surface area contributed by atoms with E-state index in [0.717, 1.165) is 10.9 Å². The first kappa shape index (κ1) is 9.64. The molecular formula is C8H10ClN4O-. The first-order valence-corrected chi connectivity index (χ1v) is 4.78. The fourth-order valence-corrected chi connectivity index (χ4v) is 1.55. The molecule has 14 heavy (non-hydrogen) atoms. The second-order valence-corrected chi connectivity index (χ2v) is 3.50. The number of halogens is 1. The second kappa shape index (κ2) is 4.08. The van der Waals surface area contributed by atoms with E-state index in [-0.39, 0.29) is 0 Å². The van der Waals surface area contributed by atoms with Gasteiger partial charge in [-0.05, 0) is 0 Å². The molecule has 2 rings (SSSR count). The van der Waals surface area contributed by atoms with Crippen molar-refractivity contribution in [2.24, 2.45) is 0 Å². The van der Waals surface area contributed by atoms with Crippen LogP contribution in [0.1, 0.15) is 0 Å². The van der Waals surface area contributed by atoms with Gasteiger partial charge < -0.3 is 15.2 Å². The van der Waals surface area contributed by atoms with E-state index in [4.69, 9.17) is 11.6 Å². The maximum Gasteiger partial charge on any atom is 0.149 e. The molecule has 0 radical (unpaired) electrons. The van der Waals surface area contributed by atoms with Crippen LogP contribution in [0.5, 0.6) is 0 Å². The minimum Gasteiger partial charge on any atom is -0.785 e. The van der Waals surface area contributed by atoms with Crippen LogP contribution in [0.4, 0.5) is 5.82 Å². The van der Waals surface area contributed by atoms with Crippen molar-refractivity contribution in [1.29, 1.82) is 0 Å². The van der Waals surface area contributed by atoms with Crippen molar-refractivity contribution in [3.8, 4) is 0 Å². The zero-order valence-electron chi connectivity index (χ0n) is 7.56. The summed E-state index contributed by atoms with van der Waals surface area (Å²) in [7, 11) is 0. The van der Waals surface area contributed by atoms with E-state index in [1.54, 1.807) is 6.20 Å². The molecule has 0 aromatic carbocycles. The molecule has 0 saturated carbocycles.